The summed E-state index contributed by atoms with van der Waals surface area (Å²) in [7, 11) is 0. The SMILES string of the molecule is CCOc1ccc(NCc2cncc(Br)c2)cc1CO. The normalized spacial score (nSPS) is 10.3. The van der Waals surface area contributed by atoms with Crippen LogP contribution < -0.4 is 10.1 Å². The summed E-state index contributed by atoms with van der Waals surface area (Å²) in [6.07, 6.45) is 3.57. The molecule has 1 aromatic heterocycles. The van der Waals surface area contributed by atoms with Crippen LogP contribution in [0.5, 0.6) is 5.75 Å². The van der Waals surface area contributed by atoms with Crippen molar-refractivity contribution >= 4 is 21.6 Å². The van der Waals surface area contributed by atoms with Gasteiger partial charge in [0.1, 0.15) is 5.75 Å². The standard InChI is InChI=1S/C15H17BrN2O2/c1-2-20-15-4-3-14(6-12(15)10-19)18-8-11-5-13(16)9-17-7-11/h3-7,9,18-19H,2,8,10H2,1H3. The van der Waals surface area contributed by atoms with Gasteiger partial charge in [0.25, 0.3) is 0 Å². The molecular formula is C15H17BrN2O2. The molecule has 0 aliphatic rings. The summed E-state index contributed by atoms with van der Waals surface area (Å²) in [5, 5.41) is 12.7. The molecule has 106 valence electrons. The molecule has 2 rings (SSSR count). The maximum Gasteiger partial charge on any atom is 0.124 e. The van der Waals surface area contributed by atoms with Crippen LogP contribution in [-0.2, 0) is 13.2 Å². The second-order valence-electron chi connectivity index (χ2n) is 4.28. The smallest absolute Gasteiger partial charge is 0.124 e. The minimum Gasteiger partial charge on any atom is -0.494 e. The van der Waals surface area contributed by atoms with Crippen molar-refractivity contribution in [2.45, 2.75) is 20.1 Å². The van der Waals surface area contributed by atoms with E-state index in [0.29, 0.717) is 13.2 Å². The van der Waals surface area contributed by atoms with Crippen LogP contribution in [0.3, 0.4) is 0 Å². The zero-order valence-corrected chi connectivity index (χ0v) is 12.9. The van der Waals surface area contributed by atoms with Crippen LogP contribution in [0.4, 0.5) is 5.69 Å². The number of nitrogens with zero attached hydrogens (tertiary/aromatic N) is 1. The number of hydrogen-bond donors (Lipinski definition) is 2. The van der Waals surface area contributed by atoms with Gasteiger partial charge in [0, 0.05) is 34.7 Å². The van der Waals surface area contributed by atoms with Crippen molar-refractivity contribution in [2.24, 2.45) is 0 Å². The van der Waals surface area contributed by atoms with E-state index >= 15 is 0 Å². The molecule has 2 aromatic rings. The Hall–Kier alpha value is -1.59. The Bertz CT molecular complexity index is 576. The van der Waals surface area contributed by atoms with Gasteiger partial charge in [-0.05, 0) is 52.7 Å². The first-order valence-corrected chi connectivity index (χ1v) is 7.22. The summed E-state index contributed by atoms with van der Waals surface area (Å²) in [5.41, 5.74) is 2.81. The van der Waals surface area contributed by atoms with Gasteiger partial charge in [-0.3, -0.25) is 4.98 Å². The molecule has 1 aromatic carbocycles. The molecule has 0 unspecified atom stereocenters. The fourth-order valence-corrected chi connectivity index (χ4v) is 2.28. The maximum absolute atomic E-state index is 9.37. The number of rotatable bonds is 6. The van der Waals surface area contributed by atoms with Crippen LogP contribution >= 0.6 is 15.9 Å². The van der Waals surface area contributed by atoms with Crippen molar-refractivity contribution in [2.75, 3.05) is 11.9 Å². The Kier molecular flexibility index (Phi) is 5.38. The molecule has 20 heavy (non-hydrogen) atoms. The maximum atomic E-state index is 9.37. The zero-order valence-electron chi connectivity index (χ0n) is 11.3. The lowest BCUT2D eigenvalue weighted by molar-refractivity contribution is 0.267. The van der Waals surface area contributed by atoms with Gasteiger partial charge in [-0.1, -0.05) is 0 Å². The topological polar surface area (TPSA) is 54.4 Å². The molecule has 0 atom stereocenters. The summed E-state index contributed by atoms with van der Waals surface area (Å²) in [5.74, 6) is 0.727. The Morgan fingerprint density at radius 1 is 1.30 bits per heavy atom. The van der Waals surface area contributed by atoms with Crippen LogP contribution in [0.15, 0.2) is 41.1 Å². The predicted molar refractivity (Wildman–Crippen MR) is 82.8 cm³/mol. The molecule has 0 spiro atoms. The molecule has 1 heterocycles. The highest BCUT2D eigenvalue weighted by Gasteiger charge is 2.04. The lowest BCUT2D eigenvalue weighted by atomic mass is 10.2. The van der Waals surface area contributed by atoms with E-state index in [1.54, 1.807) is 6.20 Å². The third-order valence-electron chi connectivity index (χ3n) is 2.79. The van der Waals surface area contributed by atoms with Gasteiger partial charge in [-0.2, -0.15) is 0 Å². The van der Waals surface area contributed by atoms with E-state index in [9.17, 15) is 5.11 Å². The summed E-state index contributed by atoms with van der Waals surface area (Å²) < 4.78 is 6.42. The Morgan fingerprint density at radius 3 is 2.85 bits per heavy atom. The first kappa shape index (κ1) is 14.8. The second kappa shape index (κ2) is 7.26. The van der Waals surface area contributed by atoms with E-state index in [2.05, 4.69) is 26.2 Å². The van der Waals surface area contributed by atoms with Crippen molar-refractivity contribution in [1.82, 2.24) is 4.98 Å². The fourth-order valence-electron chi connectivity index (χ4n) is 1.87. The first-order valence-electron chi connectivity index (χ1n) is 6.42. The van der Waals surface area contributed by atoms with Crippen LogP contribution in [0.1, 0.15) is 18.1 Å². The number of benzene rings is 1. The molecule has 0 amide bonds. The number of ether oxygens (including phenoxy) is 1. The van der Waals surface area contributed by atoms with Gasteiger partial charge in [0.05, 0.1) is 13.2 Å². The van der Waals surface area contributed by atoms with Crippen molar-refractivity contribution in [1.29, 1.82) is 0 Å². The minimum atomic E-state index is -0.0384. The minimum absolute atomic E-state index is 0.0384. The van der Waals surface area contributed by atoms with E-state index in [4.69, 9.17) is 4.74 Å². The number of pyridine rings is 1. The number of nitrogens with one attached hydrogen (secondary N) is 1. The van der Waals surface area contributed by atoms with Gasteiger partial charge in [-0.15, -0.1) is 0 Å². The summed E-state index contributed by atoms with van der Waals surface area (Å²) in [4.78, 5) is 4.12. The van der Waals surface area contributed by atoms with E-state index in [-0.39, 0.29) is 6.61 Å². The highest BCUT2D eigenvalue weighted by Crippen LogP contribution is 2.23. The molecule has 0 radical (unpaired) electrons. The van der Waals surface area contributed by atoms with E-state index in [1.807, 2.05) is 37.4 Å². The Morgan fingerprint density at radius 2 is 2.15 bits per heavy atom. The van der Waals surface area contributed by atoms with E-state index < -0.39 is 0 Å². The number of hydrogen-bond acceptors (Lipinski definition) is 4. The molecule has 0 aliphatic carbocycles. The van der Waals surface area contributed by atoms with Crippen LogP contribution in [0.2, 0.25) is 0 Å². The third kappa shape index (κ3) is 3.95. The summed E-state index contributed by atoms with van der Waals surface area (Å²) in [6.45, 7) is 3.14. The number of aliphatic hydroxyl groups excluding tert-OH is 1. The summed E-state index contributed by atoms with van der Waals surface area (Å²) in [6, 6.07) is 7.73. The van der Waals surface area contributed by atoms with E-state index in [0.717, 1.165) is 27.0 Å². The second-order valence-corrected chi connectivity index (χ2v) is 5.19. The predicted octanol–water partition coefficient (Wildman–Crippen LogP) is 3.35. The Balaban J connectivity index is 2.06. The largest absolute Gasteiger partial charge is 0.494 e. The molecule has 0 bridgehead atoms. The average molecular weight is 337 g/mol. The molecule has 4 nitrogen and oxygen atoms in total. The first-order chi connectivity index (χ1) is 9.72. The van der Waals surface area contributed by atoms with Gasteiger partial charge in [0.2, 0.25) is 0 Å². The monoisotopic (exact) mass is 336 g/mol. The van der Waals surface area contributed by atoms with Crippen molar-refractivity contribution in [3.05, 3.63) is 52.3 Å². The number of aliphatic hydroxyl groups is 1. The molecule has 0 saturated heterocycles. The number of halogens is 1. The van der Waals surface area contributed by atoms with Gasteiger partial charge in [-0.25, -0.2) is 0 Å². The number of anilines is 1. The average Bonchev–Trinajstić information content (AvgIpc) is 2.46. The van der Waals surface area contributed by atoms with Crippen LogP contribution in [0, 0.1) is 0 Å². The highest BCUT2D eigenvalue weighted by molar-refractivity contribution is 9.10. The zero-order chi connectivity index (χ0) is 14.4. The highest BCUT2D eigenvalue weighted by atomic mass is 79.9. The van der Waals surface area contributed by atoms with Crippen molar-refractivity contribution < 1.29 is 9.84 Å². The molecule has 5 heteroatoms. The van der Waals surface area contributed by atoms with Crippen LogP contribution in [0.25, 0.3) is 0 Å². The fraction of sp³-hybridized carbons (Fsp3) is 0.267. The van der Waals surface area contributed by atoms with Crippen molar-refractivity contribution in [3.8, 4) is 5.75 Å². The summed E-state index contributed by atoms with van der Waals surface area (Å²) >= 11 is 3.40. The van der Waals surface area contributed by atoms with Gasteiger partial charge in [0.15, 0.2) is 0 Å². The van der Waals surface area contributed by atoms with Crippen molar-refractivity contribution in [3.63, 3.8) is 0 Å². The quantitative estimate of drug-likeness (QED) is 0.849. The molecule has 2 N–H and O–H groups in total. The van der Waals surface area contributed by atoms with E-state index in [1.165, 1.54) is 0 Å². The lowest BCUT2D eigenvalue weighted by Gasteiger charge is -2.12. The lowest BCUT2D eigenvalue weighted by Crippen LogP contribution is -2.02. The number of aromatic nitrogens is 1. The van der Waals surface area contributed by atoms with Gasteiger partial charge < -0.3 is 15.2 Å². The molecular weight excluding hydrogens is 320 g/mol. The van der Waals surface area contributed by atoms with Crippen LogP contribution in [-0.4, -0.2) is 16.7 Å². The molecule has 0 saturated carbocycles. The Labute approximate surface area is 126 Å². The molecule has 0 aliphatic heterocycles. The van der Waals surface area contributed by atoms with Gasteiger partial charge >= 0.3 is 0 Å². The third-order valence-corrected chi connectivity index (χ3v) is 3.22. The molecule has 0 fully saturated rings.